The Kier molecular flexibility index (Phi) is 6.08. The summed E-state index contributed by atoms with van der Waals surface area (Å²) in [4.78, 5) is 24.0. The maximum atomic E-state index is 12.1. The fraction of sp³-hybridized carbons (Fsp3) is 0.143. The van der Waals surface area contributed by atoms with Crippen molar-refractivity contribution in [2.45, 2.75) is 13.0 Å². The number of amides is 2. The van der Waals surface area contributed by atoms with Crippen LogP contribution >= 0.6 is 15.9 Å². The van der Waals surface area contributed by atoms with E-state index in [9.17, 15) is 9.59 Å². The second kappa shape index (κ2) is 8.68. The van der Waals surface area contributed by atoms with Crippen LogP contribution in [-0.2, 0) is 4.79 Å². The van der Waals surface area contributed by atoms with E-state index in [1.807, 2.05) is 49.4 Å². The van der Waals surface area contributed by atoms with E-state index in [4.69, 9.17) is 4.42 Å². The molecule has 0 saturated carbocycles. The van der Waals surface area contributed by atoms with Gasteiger partial charge in [0.15, 0.2) is 10.4 Å². The van der Waals surface area contributed by atoms with Crippen LogP contribution in [0, 0.1) is 0 Å². The lowest BCUT2D eigenvalue weighted by atomic mass is 10.0. The van der Waals surface area contributed by atoms with E-state index < -0.39 is 5.91 Å². The average Bonchev–Trinajstić information content (AvgIpc) is 3.13. The first-order valence-electron chi connectivity index (χ1n) is 8.51. The minimum Gasteiger partial charge on any atom is -0.444 e. The van der Waals surface area contributed by atoms with Crippen molar-refractivity contribution in [3.8, 4) is 11.1 Å². The number of nitrogens with one attached hydrogen (secondary N) is 2. The third-order valence-corrected chi connectivity index (χ3v) is 4.53. The van der Waals surface area contributed by atoms with Gasteiger partial charge in [0.25, 0.3) is 5.91 Å². The maximum Gasteiger partial charge on any atom is 0.287 e. The summed E-state index contributed by atoms with van der Waals surface area (Å²) in [5.41, 5.74) is 3.26. The Balaban J connectivity index is 1.52. The fourth-order valence-electron chi connectivity index (χ4n) is 2.65. The highest BCUT2D eigenvalue weighted by Gasteiger charge is 2.14. The zero-order chi connectivity index (χ0) is 19.2. The van der Waals surface area contributed by atoms with E-state index in [-0.39, 0.29) is 24.3 Å². The van der Waals surface area contributed by atoms with Crippen LogP contribution in [-0.4, -0.2) is 18.4 Å². The number of carbonyl (C=O) groups excluding carboxylic acids is 2. The highest BCUT2D eigenvalue weighted by atomic mass is 79.9. The summed E-state index contributed by atoms with van der Waals surface area (Å²) in [7, 11) is 0. The van der Waals surface area contributed by atoms with Crippen LogP contribution in [0.3, 0.4) is 0 Å². The van der Waals surface area contributed by atoms with Crippen LogP contribution in [0.1, 0.15) is 29.1 Å². The molecule has 3 aromatic rings. The van der Waals surface area contributed by atoms with Gasteiger partial charge in [0.2, 0.25) is 5.91 Å². The largest absolute Gasteiger partial charge is 0.444 e. The Morgan fingerprint density at radius 3 is 2.26 bits per heavy atom. The van der Waals surface area contributed by atoms with Gasteiger partial charge >= 0.3 is 0 Å². The molecule has 6 heteroatoms. The van der Waals surface area contributed by atoms with Crippen LogP contribution in [0.25, 0.3) is 11.1 Å². The van der Waals surface area contributed by atoms with Gasteiger partial charge in [0.05, 0.1) is 12.6 Å². The number of furan rings is 1. The lowest BCUT2D eigenvalue weighted by Crippen LogP contribution is -2.37. The van der Waals surface area contributed by atoms with E-state index in [1.54, 1.807) is 6.07 Å². The summed E-state index contributed by atoms with van der Waals surface area (Å²) in [6.45, 7) is 1.78. The molecule has 27 heavy (non-hydrogen) atoms. The van der Waals surface area contributed by atoms with Gasteiger partial charge in [-0.15, -0.1) is 0 Å². The first kappa shape index (κ1) is 18.9. The van der Waals surface area contributed by atoms with Crippen molar-refractivity contribution in [1.82, 2.24) is 10.6 Å². The molecule has 0 saturated heterocycles. The standard InChI is InChI=1S/C21H19BrN2O3/c1-14(15-7-9-17(10-8-15)16-5-3-2-4-6-16)24-20(25)13-23-21(26)18-11-12-19(22)27-18/h2-12,14H,13H2,1H3,(H,23,26)(H,24,25)/t14-/m0/s1. The molecule has 5 nitrogen and oxygen atoms in total. The molecule has 0 bridgehead atoms. The third kappa shape index (κ3) is 5.08. The fourth-order valence-corrected chi connectivity index (χ4v) is 2.96. The van der Waals surface area contributed by atoms with E-state index in [2.05, 4.69) is 38.7 Å². The van der Waals surface area contributed by atoms with Crippen molar-refractivity contribution in [3.05, 3.63) is 82.7 Å². The van der Waals surface area contributed by atoms with Crippen LogP contribution in [0.2, 0.25) is 0 Å². The maximum absolute atomic E-state index is 12.1. The van der Waals surface area contributed by atoms with E-state index in [0.717, 1.165) is 16.7 Å². The smallest absolute Gasteiger partial charge is 0.287 e. The SMILES string of the molecule is C[C@H](NC(=O)CNC(=O)c1ccc(Br)o1)c1ccc(-c2ccccc2)cc1. The van der Waals surface area contributed by atoms with Crippen molar-refractivity contribution in [2.24, 2.45) is 0 Å². The zero-order valence-corrected chi connectivity index (χ0v) is 16.3. The molecule has 2 aromatic carbocycles. The third-order valence-electron chi connectivity index (χ3n) is 4.10. The average molecular weight is 427 g/mol. The van der Waals surface area contributed by atoms with E-state index in [0.29, 0.717) is 4.67 Å². The molecule has 0 fully saturated rings. The van der Waals surface area contributed by atoms with Crippen LogP contribution in [0.4, 0.5) is 0 Å². The highest BCUT2D eigenvalue weighted by Crippen LogP contribution is 2.21. The molecular weight excluding hydrogens is 408 g/mol. The predicted octanol–water partition coefficient (Wildman–Crippen LogP) is 4.32. The van der Waals surface area contributed by atoms with Gasteiger partial charge in [-0.25, -0.2) is 0 Å². The number of benzene rings is 2. The Hall–Kier alpha value is -2.86. The number of halogens is 1. The molecule has 0 spiro atoms. The highest BCUT2D eigenvalue weighted by molar-refractivity contribution is 9.10. The molecule has 0 radical (unpaired) electrons. The van der Waals surface area contributed by atoms with E-state index >= 15 is 0 Å². The summed E-state index contributed by atoms with van der Waals surface area (Å²) >= 11 is 3.13. The van der Waals surface area contributed by atoms with Crippen molar-refractivity contribution in [2.75, 3.05) is 6.54 Å². The Morgan fingerprint density at radius 2 is 1.63 bits per heavy atom. The first-order chi connectivity index (χ1) is 13.0. The molecule has 1 heterocycles. The second-order valence-electron chi connectivity index (χ2n) is 6.06. The Bertz CT molecular complexity index is 920. The van der Waals surface area contributed by atoms with Gasteiger partial charge in [-0.1, -0.05) is 54.6 Å². The number of rotatable bonds is 6. The molecule has 2 N–H and O–H groups in total. The molecule has 3 rings (SSSR count). The van der Waals surface area contributed by atoms with Gasteiger partial charge in [-0.05, 0) is 51.7 Å². The molecule has 0 aliphatic heterocycles. The topological polar surface area (TPSA) is 71.3 Å². The Labute approximate surface area is 165 Å². The van der Waals surface area contributed by atoms with Gasteiger partial charge in [0.1, 0.15) is 0 Å². The minimum absolute atomic E-state index is 0.121. The number of carbonyl (C=O) groups is 2. The summed E-state index contributed by atoms with van der Waals surface area (Å²) < 4.78 is 5.61. The van der Waals surface area contributed by atoms with Crippen LogP contribution in [0.15, 0.2) is 75.8 Å². The van der Waals surface area contributed by atoms with Gasteiger partial charge in [0, 0.05) is 0 Å². The van der Waals surface area contributed by atoms with Crippen molar-refractivity contribution in [3.63, 3.8) is 0 Å². The molecule has 1 aromatic heterocycles. The van der Waals surface area contributed by atoms with Gasteiger partial charge in [-0.3, -0.25) is 9.59 Å². The summed E-state index contributed by atoms with van der Waals surface area (Å²) in [6.07, 6.45) is 0. The lowest BCUT2D eigenvalue weighted by Gasteiger charge is -2.15. The summed E-state index contributed by atoms with van der Waals surface area (Å²) in [5, 5.41) is 5.41. The monoisotopic (exact) mass is 426 g/mol. The van der Waals surface area contributed by atoms with Crippen molar-refractivity contribution >= 4 is 27.7 Å². The molecule has 0 aliphatic rings. The summed E-state index contributed by atoms with van der Waals surface area (Å²) in [5.74, 6) is -0.552. The van der Waals surface area contributed by atoms with Gasteiger partial charge < -0.3 is 15.1 Å². The normalized spacial score (nSPS) is 11.6. The lowest BCUT2D eigenvalue weighted by molar-refractivity contribution is -0.120. The van der Waals surface area contributed by atoms with Crippen molar-refractivity contribution < 1.29 is 14.0 Å². The molecule has 0 aliphatic carbocycles. The quantitative estimate of drug-likeness (QED) is 0.616. The molecular formula is C21H19BrN2O3. The molecule has 138 valence electrons. The second-order valence-corrected chi connectivity index (χ2v) is 6.85. The molecule has 1 atom stereocenters. The van der Waals surface area contributed by atoms with Crippen molar-refractivity contribution in [1.29, 1.82) is 0 Å². The first-order valence-corrected chi connectivity index (χ1v) is 9.30. The van der Waals surface area contributed by atoms with Crippen LogP contribution < -0.4 is 10.6 Å². The number of hydrogen-bond acceptors (Lipinski definition) is 3. The van der Waals surface area contributed by atoms with Gasteiger partial charge in [-0.2, -0.15) is 0 Å². The Morgan fingerprint density at radius 1 is 0.963 bits per heavy atom. The summed E-state index contributed by atoms with van der Waals surface area (Å²) in [6, 6.07) is 21.1. The number of hydrogen-bond donors (Lipinski definition) is 2. The minimum atomic E-state index is -0.435. The zero-order valence-electron chi connectivity index (χ0n) is 14.7. The van der Waals surface area contributed by atoms with Crippen LogP contribution in [0.5, 0.6) is 0 Å². The molecule has 2 amide bonds. The molecule has 0 unspecified atom stereocenters. The predicted molar refractivity (Wildman–Crippen MR) is 107 cm³/mol. The van der Waals surface area contributed by atoms with E-state index in [1.165, 1.54) is 6.07 Å².